The van der Waals surface area contributed by atoms with E-state index < -0.39 is 17.6 Å². The number of anilines is 1. The van der Waals surface area contributed by atoms with Crippen molar-refractivity contribution in [3.8, 4) is 5.75 Å². The molecule has 0 atom stereocenters. The highest BCUT2D eigenvalue weighted by Crippen LogP contribution is 2.33. The number of benzene rings is 1. The molecule has 122 valence electrons. The second-order valence-corrected chi connectivity index (χ2v) is 5.97. The quantitative estimate of drug-likeness (QED) is 0.578. The third kappa shape index (κ3) is 3.74. The van der Waals surface area contributed by atoms with Gasteiger partial charge in [0.1, 0.15) is 22.3 Å². The van der Waals surface area contributed by atoms with Gasteiger partial charge in [0.05, 0.1) is 18.7 Å². The summed E-state index contributed by atoms with van der Waals surface area (Å²) < 4.78 is 57.4. The number of hydrogen-bond acceptors (Lipinski definition) is 3. The Labute approximate surface area is 138 Å². The Balaban J connectivity index is 1.65. The van der Waals surface area contributed by atoms with Crippen molar-refractivity contribution in [2.75, 3.05) is 18.0 Å². The number of halogens is 5. The van der Waals surface area contributed by atoms with Gasteiger partial charge in [0.15, 0.2) is 0 Å². The molecule has 0 unspecified atom stereocenters. The van der Waals surface area contributed by atoms with Crippen LogP contribution in [-0.4, -0.2) is 24.2 Å². The zero-order valence-electron chi connectivity index (χ0n) is 11.6. The molecule has 23 heavy (non-hydrogen) atoms. The Hall–Kier alpha value is -1.83. The van der Waals surface area contributed by atoms with Crippen LogP contribution in [0.1, 0.15) is 5.56 Å². The van der Waals surface area contributed by atoms with Crippen molar-refractivity contribution in [2.45, 2.75) is 12.3 Å². The Morgan fingerprint density at radius 2 is 1.91 bits per heavy atom. The Morgan fingerprint density at radius 3 is 2.57 bits per heavy atom. The van der Waals surface area contributed by atoms with E-state index >= 15 is 0 Å². The van der Waals surface area contributed by atoms with Crippen LogP contribution in [0.2, 0.25) is 0 Å². The lowest BCUT2D eigenvalue weighted by Gasteiger charge is -2.40. The SMILES string of the molecule is Fc1cc(OC2CN(c3ccnc(Br)c3)C2)cc(C(F)(F)F)c1. The minimum Gasteiger partial charge on any atom is -0.487 e. The molecule has 1 aromatic carbocycles. The number of pyridine rings is 1. The van der Waals surface area contributed by atoms with Gasteiger partial charge in [0, 0.05) is 18.0 Å². The topological polar surface area (TPSA) is 25.4 Å². The van der Waals surface area contributed by atoms with Gasteiger partial charge in [-0.3, -0.25) is 0 Å². The number of nitrogens with zero attached hydrogens (tertiary/aromatic N) is 2. The van der Waals surface area contributed by atoms with Crippen LogP contribution in [0.4, 0.5) is 23.2 Å². The van der Waals surface area contributed by atoms with Crippen molar-refractivity contribution in [1.29, 1.82) is 0 Å². The lowest BCUT2D eigenvalue weighted by Crippen LogP contribution is -2.54. The summed E-state index contributed by atoms with van der Waals surface area (Å²) in [5, 5.41) is 0. The Bertz CT molecular complexity index is 717. The summed E-state index contributed by atoms with van der Waals surface area (Å²) in [5.74, 6) is -1.08. The zero-order valence-corrected chi connectivity index (χ0v) is 13.2. The van der Waals surface area contributed by atoms with Crippen LogP contribution in [0.3, 0.4) is 0 Å². The average molecular weight is 391 g/mol. The van der Waals surface area contributed by atoms with Gasteiger partial charge in [-0.25, -0.2) is 9.37 Å². The molecular formula is C15H11BrF4N2O. The van der Waals surface area contributed by atoms with Gasteiger partial charge in [-0.1, -0.05) is 0 Å². The van der Waals surface area contributed by atoms with E-state index in [1.165, 1.54) is 0 Å². The predicted octanol–water partition coefficient (Wildman–Crippen LogP) is 4.27. The molecular weight excluding hydrogens is 380 g/mol. The molecule has 1 aliphatic rings. The summed E-state index contributed by atoms with van der Waals surface area (Å²) in [6.07, 6.45) is -3.24. The molecule has 3 rings (SSSR count). The maximum Gasteiger partial charge on any atom is 0.416 e. The number of aromatic nitrogens is 1. The molecule has 0 spiro atoms. The maximum absolute atomic E-state index is 13.3. The van der Waals surface area contributed by atoms with Crippen LogP contribution in [0.15, 0.2) is 41.1 Å². The van der Waals surface area contributed by atoms with Gasteiger partial charge in [0.25, 0.3) is 0 Å². The number of hydrogen-bond donors (Lipinski definition) is 0. The highest BCUT2D eigenvalue weighted by molar-refractivity contribution is 9.10. The summed E-state index contributed by atoms with van der Waals surface area (Å²) in [6.45, 7) is 1.02. The second kappa shape index (κ2) is 5.99. The van der Waals surface area contributed by atoms with E-state index in [9.17, 15) is 17.6 Å². The van der Waals surface area contributed by atoms with E-state index in [4.69, 9.17) is 4.74 Å². The van der Waals surface area contributed by atoms with Crippen LogP contribution in [0, 0.1) is 5.82 Å². The normalized spacial score (nSPS) is 15.4. The molecule has 0 aliphatic carbocycles. The third-order valence-corrected chi connectivity index (χ3v) is 3.86. The van der Waals surface area contributed by atoms with E-state index in [2.05, 4.69) is 20.9 Å². The van der Waals surface area contributed by atoms with E-state index in [-0.39, 0.29) is 11.9 Å². The van der Waals surface area contributed by atoms with Gasteiger partial charge < -0.3 is 9.64 Å². The third-order valence-electron chi connectivity index (χ3n) is 3.42. The maximum atomic E-state index is 13.3. The Kier molecular flexibility index (Phi) is 4.18. The fourth-order valence-corrected chi connectivity index (χ4v) is 2.65. The van der Waals surface area contributed by atoms with Gasteiger partial charge in [-0.2, -0.15) is 13.2 Å². The van der Waals surface area contributed by atoms with Crippen LogP contribution < -0.4 is 9.64 Å². The van der Waals surface area contributed by atoms with Crippen molar-refractivity contribution in [3.63, 3.8) is 0 Å². The van der Waals surface area contributed by atoms with Crippen molar-refractivity contribution >= 4 is 21.6 Å². The molecule has 1 fully saturated rings. The molecule has 0 N–H and O–H groups in total. The molecule has 2 aromatic rings. The highest BCUT2D eigenvalue weighted by atomic mass is 79.9. The number of rotatable bonds is 3. The summed E-state index contributed by atoms with van der Waals surface area (Å²) in [5.41, 5.74) is -0.122. The second-order valence-electron chi connectivity index (χ2n) is 5.15. The van der Waals surface area contributed by atoms with Gasteiger partial charge >= 0.3 is 6.18 Å². The fourth-order valence-electron chi connectivity index (χ4n) is 2.30. The monoisotopic (exact) mass is 390 g/mol. The van der Waals surface area contributed by atoms with E-state index in [0.29, 0.717) is 23.8 Å². The van der Waals surface area contributed by atoms with Crippen LogP contribution in [-0.2, 0) is 6.18 Å². The molecule has 8 heteroatoms. The summed E-state index contributed by atoms with van der Waals surface area (Å²) >= 11 is 3.27. The molecule has 0 bridgehead atoms. The first-order valence-corrected chi connectivity index (χ1v) is 7.51. The van der Waals surface area contributed by atoms with Crippen molar-refractivity contribution in [3.05, 3.63) is 52.5 Å². The van der Waals surface area contributed by atoms with Crippen LogP contribution >= 0.6 is 15.9 Å². The standard InChI is InChI=1S/C15H11BrF4N2O/c16-14-6-11(1-2-21-14)22-7-13(8-22)23-12-4-9(15(18,19)20)3-10(17)5-12/h1-6,13H,7-8H2. The van der Waals surface area contributed by atoms with E-state index in [0.717, 1.165) is 17.8 Å². The minimum atomic E-state index is -4.60. The largest absolute Gasteiger partial charge is 0.487 e. The molecule has 1 aliphatic heterocycles. The fraction of sp³-hybridized carbons (Fsp3) is 0.267. The van der Waals surface area contributed by atoms with Crippen LogP contribution in [0.25, 0.3) is 0 Å². The zero-order chi connectivity index (χ0) is 16.6. The molecule has 2 heterocycles. The van der Waals surface area contributed by atoms with E-state index in [1.54, 1.807) is 6.20 Å². The molecule has 1 saturated heterocycles. The molecule has 0 radical (unpaired) electrons. The van der Waals surface area contributed by atoms with E-state index in [1.807, 2.05) is 17.0 Å². The van der Waals surface area contributed by atoms with Crippen molar-refractivity contribution in [2.24, 2.45) is 0 Å². The summed E-state index contributed by atoms with van der Waals surface area (Å²) in [7, 11) is 0. The summed E-state index contributed by atoms with van der Waals surface area (Å²) in [4.78, 5) is 6.01. The first-order chi connectivity index (χ1) is 10.8. The molecule has 0 amide bonds. The van der Waals surface area contributed by atoms with Crippen LogP contribution in [0.5, 0.6) is 5.75 Å². The lowest BCUT2D eigenvalue weighted by atomic mass is 10.1. The molecule has 1 aromatic heterocycles. The number of alkyl halides is 3. The Morgan fingerprint density at radius 1 is 1.17 bits per heavy atom. The lowest BCUT2D eigenvalue weighted by molar-refractivity contribution is -0.137. The van der Waals surface area contributed by atoms with Crippen molar-refractivity contribution < 1.29 is 22.3 Å². The van der Waals surface area contributed by atoms with Gasteiger partial charge in [-0.15, -0.1) is 0 Å². The first-order valence-electron chi connectivity index (χ1n) is 6.72. The van der Waals surface area contributed by atoms with Gasteiger partial charge in [-0.05, 0) is 40.2 Å². The highest BCUT2D eigenvalue weighted by Gasteiger charge is 2.33. The smallest absolute Gasteiger partial charge is 0.416 e. The predicted molar refractivity (Wildman–Crippen MR) is 80.0 cm³/mol. The molecule has 0 saturated carbocycles. The average Bonchev–Trinajstić information content (AvgIpc) is 2.41. The summed E-state index contributed by atoms with van der Waals surface area (Å²) in [6, 6.07) is 5.88. The number of ether oxygens (including phenoxy) is 1. The first kappa shape index (κ1) is 16.0. The van der Waals surface area contributed by atoms with Gasteiger partial charge in [0.2, 0.25) is 0 Å². The minimum absolute atomic E-state index is 0.113. The van der Waals surface area contributed by atoms with Crippen molar-refractivity contribution in [1.82, 2.24) is 4.98 Å². The molecule has 3 nitrogen and oxygen atoms in total.